The maximum Gasteiger partial charge on any atom is 0.242 e. The van der Waals surface area contributed by atoms with Crippen molar-refractivity contribution in [1.29, 1.82) is 0 Å². The molecule has 1 amide bonds. The highest BCUT2D eigenvalue weighted by Crippen LogP contribution is 2.26. The van der Waals surface area contributed by atoms with E-state index in [9.17, 15) is 4.79 Å². The van der Waals surface area contributed by atoms with Gasteiger partial charge in [-0.1, -0.05) is 11.6 Å². The maximum absolute atomic E-state index is 12.3. The largest absolute Gasteiger partial charge is 0.376 e. The van der Waals surface area contributed by atoms with E-state index in [4.69, 9.17) is 11.6 Å². The second-order valence-corrected chi connectivity index (χ2v) is 7.18. The molecule has 0 aliphatic carbocycles. The highest BCUT2D eigenvalue weighted by atomic mass is 79.9. The third-order valence-corrected chi connectivity index (χ3v) is 5.78. The lowest BCUT2D eigenvalue weighted by Gasteiger charge is -2.27. The number of rotatable bonds is 3. The van der Waals surface area contributed by atoms with Crippen LogP contribution >= 0.6 is 38.9 Å². The molecule has 1 aromatic carbocycles. The highest BCUT2D eigenvalue weighted by Gasteiger charge is 2.21. The Morgan fingerprint density at radius 1 is 1.43 bits per heavy atom. The molecular formula is C15H14BrClN2OS. The van der Waals surface area contributed by atoms with Crippen LogP contribution in [0, 0.1) is 0 Å². The number of thiophene rings is 1. The molecule has 1 aliphatic rings. The first-order valence-electron chi connectivity index (χ1n) is 6.65. The Morgan fingerprint density at radius 3 is 3.10 bits per heavy atom. The molecule has 21 heavy (non-hydrogen) atoms. The average molecular weight is 386 g/mol. The van der Waals surface area contributed by atoms with Gasteiger partial charge in [0, 0.05) is 28.1 Å². The number of hydrogen-bond donors (Lipinski definition) is 1. The van der Waals surface area contributed by atoms with Crippen molar-refractivity contribution in [3.05, 3.63) is 49.6 Å². The monoisotopic (exact) mass is 384 g/mol. The zero-order chi connectivity index (χ0) is 14.8. The van der Waals surface area contributed by atoms with Crippen molar-refractivity contribution in [2.24, 2.45) is 0 Å². The molecule has 6 heteroatoms. The van der Waals surface area contributed by atoms with Gasteiger partial charge in [0.15, 0.2) is 0 Å². The summed E-state index contributed by atoms with van der Waals surface area (Å²) in [6.45, 7) is 1.81. The molecule has 0 atom stereocenters. The van der Waals surface area contributed by atoms with Crippen LogP contribution in [0.25, 0.3) is 0 Å². The van der Waals surface area contributed by atoms with Gasteiger partial charge in [0.1, 0.15) is 0 Å². The first-order valence-corrected chi connectivity index (χ1v) is 8.70. The van der Waals surface area contributed by atoms with E-state index < -0.39 is 0 Å². The quantitative estimate of drug-likeness (QED) is 0.860. The van der Waals surface area contributed by atoms with Crippen LogP contribution in [0.1, 0.15) is 10.4 Å². The SMILES string of the molecule is O=C(CNc1ccc(Br)c(Cl)c1)N1CCc2sccc2C1. The van der Waals surface area contributed by atoms with Crippen LogP contribution in [0.3, 0.4) is 0 Å². The Balaban J connectivity index is 1.58. The lowest BCUT2D eigenvalue weighted by Crippen LogP contribution is -2.38. The molecule has 0 saturated heterocycles. The minimum absolute atomic E-state index is 0.117. The zero-order valence-electron chi connectivity index (χ0n) is 11.2. The van der Waals surface area contributed by atoms with E-state index in [-0.39, 0.29) is 12.5 Å². The molecule has 0 bridgehead atoms. The van der Waals surface area contributed by atoms with Gasteiger partial charge in [-0.05, 0) is 57.6 Å². The van der Waals surface area contributed by atoms with Gasteiger partial charge in [0.05, 0.1) is 11.6 Å². The van der Waals surface area contributed by atoms with Crippen LogP contribution in [-0.4, -0.2) is 23.9 Å². The number of carbonyl (C=O) groups is 1. The van der Waals surface area contributed by atoms with Gasteiger partial charge in [0.2, 0.25) is 5.91 Å². The summed E-state index contributed by atoms with van der Waals surface area (Å²) in [5.74, 6) is 0.117. The Bertz CT molecular complexity index is 673. The standard InChI is InChI=1S/C15H14BrClN2OS/c16-12-2-1-11(7-13(12)17)18-8-15(20)19-5-3-14-10(9-19)4-6-21-14/h1-2,4,6-7,18H,3,5,8-9H2. The van der Waals surface area contributed by atoms with Gasteiger partial charge in [-0.15, -0.1) is 11.3 Å². The topological polar surface area (TPSA) is 32.3 Å². The molecule has 0 radical (unpaired) electrons. The van der Waals surface area contributed by atoms with Crippen LogP contribution in [0.15, 0.2) is 34.1 Å². The number of nitrogens with one attached hydrogen (secondary N) is 1. The van der Waals surface area contributed by atoms with Crippen molar-refractivity contribution < 1.29 is 4.79 Å². The smallest absolute Gasteiger partial charge is 0.242 e. The molecule has 2 heterocycles. The predicted octanol–water partition coefficient (Wildman–Crippen LogP) is 4.16. The van der Waals surface area contributed by atoms with Gasteiger partial charge in [0.25, 0.3) is 0 Å². The molecule has 2 aromatic rings. The molecule has 1 aliphatic heterocycles. The number of fused-ring (bicyclic) bond motifs is 1. The van der Waals surface area contributed by atoms with Crippen molar-refractivity contribution in [1.82, 2.24) is 4.90 Å². The van der Waals surface area contributed by atoms with Crippen molar-refractivity contribution in [3.63, 3.8) is 0 Å². The summed E-state index contributed by atoms with van der Waals surface area (Å²) in [6, 6.07) is 7.69. The number of nitrogens with zero attached hydrogens (tertiary/aromatic N) is 1. The van der Waals surface area contributed by atoms with Crippen LogP contribution in [0.5, 0.6) is 0 Å². The summed E-state index contributed by atoms with van der Waals surface area (Å²) in [5, 5.41) is 5.86. The van der Waals surface area contributed by atoms with Gasteiger partial charge in [-0.3, -0.25) is 4.79 Å². The summed E-state index contributed by atoms with van der Waals surface area (Å²) in [4.78, 5) is 15.6. The lowest BCUT2D eigenvalue weighted by molar-refractivity contribution is -0.130. The predicted molar refractivity (Wildman–Crippen MR) is 91.1 cm³/mol. The fourth-order valence-electron chi connectivity index (χ4n) is 2.36. The molecule has 0 saturated carbocycles. The molecule has 3 nitrogen and oxygen atoms in total. The summed E-state index contributed by atoms with van der Waals surface area (Å²) < 4.78 is 0.849. The Morgan fingerprint density at radius 2 is 2.29 bits per heavy atom. The number of hydrogen-bond acceptors (Lipinski definition) is 3. The van der Waals surface area contributed by atoms with Crippen LogP contribution in [0.4, 0.5) is 5.69 Å². The summed E-state index contributed by atoms with van der Waals surface area (Å²) in [5.41, 5.74) is 2.14. The number of carbonyl (C=O) groups excluding carboxylic acids is 1. The minimum Gasteiger partial charge on any atom is -0.376 e. The van der Waals surface area contributed by atoms with E-state index in [0.717, 1.165) is 29.7 Å². The van der Waals surface area contributed by atoms with Crippen LogP contribution < -0.4 is 5.32 Å². The van der Waals surface area contributed by atoms with Crippen molar-refractivity contribution in [2.75, 3.05) is 18.4 Å². The molecule has 1 aromatic heterocycles. The fourth-order valence-corrected chi connectivity index (χ4v) is 3.67. The molecule has 110 valence electrons. The van der Waals surface area contributed by atoms with E-state index in [0.29, 0.717) is 5.02 Å². The van der Waals surface area contributed by atoms with Gasteiger partial charge >= 0.3 is 0 Å². The van der Waals surface area contributed by atoms with Crippen molar-refractivity contribution >= 4 is 50.5 Å². The minimum atomic E-state index is 0.117. The molecular weight excluding hydrogens is 372 g/mol. The number of halogens is 2. The number of amides is 1. The normalized spacial score (nSPS) is 13.9. The summed E-state index contributed by atoms with van der Waals surface area (Å²) in [7, 11) is 0. The molecule has 0 spiro atoms. The van der Waals surface area contributed by atoms with Crippen molar-refractivity contribution in [2.45, 2.75) is 13.0 Å². The lowest BCUT2D eigenvalue weighted by atomic mass is 10.1. The molecule has 1 N–H and O–H groups in total. The molecule has 0 unspecified atom stereocenters. The highest BCUT2D eigenvalue weighted by molar-refractivity contribution is 9.10. The van der Waals surface area contributed by atoms with E-state index in [1.807, 2.05) is 23.1 Å². The number of benzene rings is 1. The second-order valence-electron chi connectivity index (χ2n) is 4.92. The Hall–Kier alpha value is -1.04. The van der Waals surface area contributed by atoms with Crippen molar-refractivity contribution in [3.8, 4) is 0 Å². The Kier molecular flexibility index (Phi) is 4.52. The first-order chi connectivity index (χ1) is 10.1. The zero-order valence-corrected chi connectivity index (χ0v) is 14.4. The van der Waals surface area contributed by atoms with Gasteiger partial charge < -0.3 is 10.2 Å². The maximum atomic E-state index is 12.3. The van der Waals surface area contributed by atoms with E-state index in [2.05, 4.69) is 32.7 Å². The van der Waals surface area contributed by atoms with Crippen LogP contribution in [-0.2, 0) is 17.8 Å². The number of anilines is 1. The van der Waals surface area contributed by atoms with E-state index >= 15 is 0 Å². The molecule has 0 fully saturated rings. The first kappa shape index (κ1) is 14.9. The van der Waals surface area contributed by atoms with Gasteiger partial charge in [-0.2, -0.15) is 0 Å². The van der Waals surface area contributed by atoms with E-state index in [1.54, 1.807) is 11.3 Å². The van der Waals surface area contributed by atoms with E-state index in [1.165, 1.54) is 10.4 Å². The van der Waals surface area contributed by atoms with Gasteiger partial charge in [-0.25, -0.2) is 0 Å². The molecule has 3 rings (SSSR count). The Labute approximate surface area is 141 Å². The second kappa shape index (κ2) is 6.38. The summed E-state index contributed by atoms with van der Waals surface area (Å²) in [6.07, 6.45) is 0.961. The third-order valence-electron chi connectivity index (χ3n) is 3.52. The average Bonchev–Trinajstić information content (AvgIpc) is 2.95. The third kappa shape index (κ3) is 3.42. The summed E-state index contributed by atoms with van der Waals surface area (Å²) >= 11 is 11.2. The fraction of sp³-hybridized carbons (Fsp3) is 0.267. The van der Waals surface area contributed by atoms with Crippen LogP contribution in [0.2, 0.25) is 5.02 Å².